The van der Waals surface area contributed by atoms with Gasteiger partial charge in [-0.25, -0.2) is 0 Å². The van der Waals surface area contributed by atoms with Crippen LogP contribution in [0.1, 0.15) is 5.56 Å². The second-order valence-corrected chi connectivity index (χ2v) is 5.78. The number of benzene rings is 1. The highest BCUT2D eigenvalue weighted by atomic mass is 127. The quantitative estimate of drug-likeness (QED) is 0.249. The summed E-state index contributed by atoms with van der Waals surface area (Å²) in [5, 5.41) is 6.64. The Balaban J connectivity index is 0.00000364. The Labute approximate surface area is 178 Å². The van der Waals surface area contributed by atoms with E-state index < -0.39 is 0 Å². The van der Waals surface area contributed by atoms with Gasteiger partial charge in [-0.15, -0.1) is 30.4 Å². The van der Waals surface area contributed by atoms with E-state index in [4.69, 9.17) is 20.6 Å². The molecule has 0 amide bonds. The Morgan fingerprint density at radius 3 is 2.74 bits per heavy atom. The normalized spacial score (nSPS) is 14.6. The van der Waals surface area contributed by atoms with E-state index in [9.17, 15) is 0 Å². The molecule has 150 valence electrons. The smallest absolute Gasteiger partial charge is 0.191 e. The van der Waals surface area contributed by atoms with E-state index >= 15 is 0 Å². The largest absolute Gasteiger partial charge is 0.493 e. The van der Waals surface area contributed by atoms with Crippen LogP contribution >= 0.6 is 24.0 Å². The SMILES string of the molecule is C#CCOc1cc(CNC(=NC)NCCN2CCOCC2)ccc1OC.I. The summed E-state index contributed by atoms with van der Waals surface area (Å²) < 4.78 is 16.2. The van der Waals surface area contributed by atoms with E-state index in [0.29, 0.717) is 18.0 Å². The lowest BCUT2D eigenvalue weighted by atomic mass is 10.2. The molecule has 0 radical (unpaired) electrons. The Morgan fingerprint density at radius 2 is 2.07 bits per heavy atom. The highest BCUT2D eigenvalue weighted by Gasteiger charge is 2.10. The molecule has 1 aliphatic rings. The molecule has 1 saturated heterocycles. The fourth-order valence-electron chi connectivity index (χ4n) is 2.63. The van der Waals surface area contributed by atoms with Gasteiger partial charge >= 0.3 is 0 Å². The number of hydrogen-bond donors (Lipinski definition) is 2. The van der Waals surface area contributed by atoms with Crippen molar-refractivity contribution in [2.75, 3.05) is 60.2 Å². The first-order chi connectivity index (χ1) is 12.8. The number of morpholine rings is 1. The van der Waals surface area contributed by atoms with Crippen molar-refractivity contribution in [1.82, 2.24) is 15.5 Å². The van der Waals surface area contributed by atoms with Crippen molar-refractivity contribution in [2.45, 2.75) is 6.54 Å². The Hall–Kier alpha value is -1.70. The number of terminal acetylenes is 1. The van der Waals surface area contributed by atoms with E-state index in [1.54, 1.807) is 14.2 Å². The van der Waals surface area contributed by atoms with Crippen molar-refractivity contribution < 1.29 is 14.2 Å². The van der Waals surface area contributed by atoms with Gasteiger partial charge in [0.2, 0.25) is 0 Å². The molecule has 0 spiro atoms. The van der Waals surface area contributed by atoms with Crippen molar-refractivity contribution >= 4 is 29.9 Å². The fourth-order valence-corrected chi connectivity index (χ4v) is 2.63. The summed E-state index contributed by atoms with van der Waals surface area (Å²) in [7, 11) is 3.37. The lowest BCUT2D eigenvalue weighted by Crippen LogP contribution is -2.44. The number of guanidine groups is 1. The molecule has 0 atom stereocenters. The average Bonchev–Trinajstić information content (AvgIpc) is 2.69. The van der Waals surface area contributed by atoms with Gasteiger partial charge in [0.1, 0.15) is 6.61 Å². The minimum Gasteiger partial charge on any atom is -0.493 e. The minimum absolute atomic E-state index is 0. The third kappa shape index (κ3) is 8.24. The lowest BCUT2D eigenvalue weighted by Gasteiger charge is -2.26. The van der Waals surface area contributed by atoms with Crippen molar-refractivity contribution in [3.05, 3.63) is 23.8 Å². The Bertz CT molecular complexity index is 628. The molecule has 0 saturated carbocycles. The first kappa shape index (κ1) is 23.3. The summed E-state index contributed by atoms with van der Waals surface area (Å²) in [6, 6.07) is 5.78. The number of nitrogens with zero attached hydrogens (tertiary/aromatic N) is 2. The lowest BCUT2D eigenvalue weighted by molar-refractivity contribution is 0.0389. The molecule has 1 fully saturated rings. The zero-order valence-corrected chi connectivity index (χ0v) is 18.3. The Kier molecular flexibility index (Phi) is 11.6. The molecule has 0 aliphatic carbocycles. The molecule has 1 aliphatic heterocycles. The zero-order chi connectivity index (χ0) is 18.6. The van der Waals surface area contributed by atoms with E-state index in [1.165, 1.54) is 0 Å². The Morgan fingerprint density at radius 1 is 1.30 bits per heavy atom. The van der Waals surface area contributed by atoms with Crippen molar-refractivity contribution in [1.29, 1.82) is 0 Å². The van der Waals surface area contributed by atoms with E-state index in [0.717, 1.165) is 50.9 Å². The van der Waals surface area contributed by atoms with Crippen LogP contribution in [0.15, 0.2) is 23.2 Å². The molecule has 0 bridgehead atoms. The number of ether oxygens (including phenoxy) is 3. The van der Waals surface area contributed by atoms with Gasteiger partial charge in [-0.2, -0.15) is 0 Å². The highest BCUT2D eigenvalue weighted by Crippen LogP contribution is 2.27. The molecule has 1 aromatic rings. The predicted octanol–water partition coefficient (Wildman–Crippen LogP) is 1.32. The molecule has 0 aromatic heterocycles. The summed E-state index contributed by atoms with van der Waals surface area (Å²) in [5.41, 5.74) is 1.05. The van der Waals surface area contributed by atoms with Crippen LogP contribution in [0, 0.1) is 12.3 Å². The van der Waals surface area contributed by atoms with Crippen LogP contribution in [0.2, 0.25) is 0 Å². The number of rotatable bonds is 8. The van der Waals surface area contributed by atoms with Crippen LogP contribution in [0.3, 0.4) is 0 Å². The van der Waals surface area contributed by atoms with Gasteiger partial charge in [-0.1, -0.05) is 12.0 Å². The van der Waals surface area contributed by atoms with Crippen LogP contribution in [0.25, 0.3) is 0 Å². The van der Waals surface area contributed by atoms with Gasteiger partial charge in [-0.05, 0) is 17.7 Å². The number of halogens is 1. The van der Waals surface area contributed by atoms with Crippen LogP contribution in [0.5, 0.6) is 11.5 Å². The number of aliphatic imine (C=N–C) groups is 1. The third-order valence-corrected chi connectivity index (χ3v) is 4.05. The van der Waals surface area contributed by atoms with Gasteiger partial charge in [0.15, 0.2) is 17.5 Å². The van der Waals surface area contributed by atoms with Crippen LogP contribution in [-0.4, -0.2) is 71.0 Å². The predicted molar refractivity (Wildman–Crippen MR) is 118 cm³/mol. The first-order valence-electron chi connectivity index (χ1n) is 8.74. The first-order valence-corrected chi connectivity index (χ1v) is 8.74. The van der Waals surface area contributed by atoms with Gasteiger partial charge in [0.05, 0.1) is 20.3 Å². The van der Waals surface area contributed by atoms with E-state index in [2.05, 4.69) is 26.4 Å². The third-order valence-electron chi connectivity index (χ3n) is 4.05. The van der Waals surface area contributed by atoms with Crippen molar-refractivity contribution in [2.24, 2.45) is 4.99 Å². The summed E-state index contributed by atoms with van der Waals surface area (Å²) in [5.74, 6) is 4.53. The van der Waals surface area contributed by atoms with Crippen LogP contribution < -0.4 is 20.1 Å². The molecule has 2 rings (SSSR count). The molecular formula is C19H29IN4O3. The van der Waals surface area contributed by atoms with Crippen LogP contribution in [0.4, 0.5) is 0 Å². The molecule has 1 heterocycles. The maximum Gasteiger partial charge on any atom is 0.191 e. The fraction of sp³-hybridized carbons (Fsp3) is 0.526. The van der Waals surface area contributed by atoms with E-state index in [1.807, 2.05) is 18.2 Å². The highest BCUT2D eigenvalue weighted by molar-refractivity contribution is 14.0. The maximum absolute atomic E-state index is 5.53. The van der Waals surface area contributed by atoms with E-state index in [-0.39, 0.29) is 30.6 Å². The summed E-state index contributed by atoms with van der Waals surface area (Å²) in [6.07, 6.45) is 5.26. The summed E-state index contributed by atoms with van der Waals surface area (Å²) in [6.45, 7) is 6.23. The summed E-state index contributed by atoms with van der Waals surface area (Å²) >= 11 is 0. The molecule has 7 nitrogen and oxygen atoms in total. The van der Waals surface area contributed by atoms with Gasteiger partial charge in [-0.3, -0.25) is 9.89 Å². The molecular weight excluding hydrogens is 459 g/mol. The minimum atomic E-state index is 0. The van der Waals surface area contributed by atoms with Crippen molar-refractivity contribution in [3.8, 4) is 23.8 Å². The summed E-state index contributed by atoms with van der Waals surface area (Å²) in [4.78, 5) is 6.64. The standard InChI is InChI=1S/C19H28N4O3.HI/c1-4-11-26-18-14-16(5-6-17(18)24-3)15-22-19(20-2)21-7-8-23-9-12-25-13-10-23;/h1,5-6,14H,7-13,15H2,2-3H3,(H2,20,21,22);1H. The molecule has 27 heavy (non-hydrogen) atoms. The van der Waals surface area contributed by atoms with Crippen LogP contribution in [-0.2, 0) is 11.3 Å². The monoisotopic (exact) mass is 488 g/mol. The molecule has 8 heteroatoms. The number of hydrogen-bond acceptors (Lipinski definition) is 5. The molecule has 1 aromatic carbocycles. The van der Waals surface area contributed by atoms with Gasteiger partial charge in [0, 0.05) is 39.8 Å². The average molecular weight is 488 g/mol. The number of nitrogens with one attached hydrogen (secondary N) is 2. The molecule has 0 unspecified atom stereocenters. The van der Waals surface area contributed by atoms with Gasteiger partial charge < -0.3 is 24.8 Å². The van der Waals surface area contributed by atoms with Crippen molar-refractivity contribution in [3.63, 3.8) is 0 Å². The zero-order valence-electron chi connectivity index (χ0n) is 16.0. The maximum atomic E-state index is 5.53. The topological polar surface area (TPSA) is 67.4 Å². The molecule has 2 N–H and O–H groups in total. The second-order valence-electron chi connectivity index (χ2n) is 5.78. The second kappa shape index (κ2) is 13.5. The number of methoxy groups -OCH3 is 1. The van der Waals surface area contributed by atoms with Gasteiger partial charge in [0.25, 0.3) is 0 Å².